The van der Waals surface area contributed by atoms with Crippen LogP contribution in [0.5, 0.6) is 0 Å². The smallest absolute Gasteiger partial charge is 0.143 e. The van der Waals surface area contributed by atoms with E-state index in [0.717, 1.165) is 28.2 Å². The van der Waals surface area contributed by atoms with E-state index in [1.54, 1.807) is 12.1 Å². The lowest BCUT2D eigenvalue weighted by Gasteiger charge is -2.05. The Labute approximate surface area is 139 Å². The number of nitrogens with one attached hydrogen (secondary N) is 1. The van der Waals surface area contributed by atoms with Crippen LogP contribution in [0.4, 0.5) is 5.82 Å². The number of benzene rings is 1. The fraction of sp³-hybridized carbons (Fsp3) is 0.176. The van der Waals surface area contributed by atoms with Crippen molar-refractivity contribution < 1.29 is 0 Å². The number of hydrazine groups is 1. The van der Waals surface area contributed by atoms with Gasteiger partial charge in [0, 0.05) is 30.8 Å². The van der Waals surface area contributed by atoms with E-state index >= 15 is 0 Å². The van der Waals surface area contributed by atoms with Crippen LogP contribution in [0.15, 0.2) is 36.7 Å². The third-order valence-electron chi connectivity index (χ3n) is 3.94. The summed E-state index contributed by atoms with van der Waals surface area (Å²) in [6, 6.07) is 11.4. The summed E-state index contributed by atoms with van der Waals surface area (Å²) < 4.78 is 1.86. The number of nitrogens with zero attached hydrogens (tertiary/aromatic N) is 5. The van der Waals surface area contributed by atoms with E-state index in [4.69, 9.17) is 11.1 Å². The van der Waals surface area contributed by atoms with Gasteiger partial charge in [-0.05, 0) is 24.6 Å². The van der Waals surface area contributed by atoms with Crippen LogP contribution in [-0.2, 0) is 13.5 Å². The first-order valence-corrected chi connectivity index (χ1v) is 7.43. The van der Waals surface area contributed by atoms with Crippen LogP contribution in [0.3, 0.4) is 0 Å². The minimum absolute atomic E-state index is 0.576. The van der Waals surface area contributed by atoms with Gasteiger partial charge in [0.1, 0.15) is 12.1 Å². The Kier molecular flexibility index (Phi) is 4.22. The van der Waals surface area contributed by atoms with Crippen LogP contribution in [0.1, 0.15) is 22.5 Å². The Hall–Kier alpha value is -3.24. The van der Waals surface area contributed by atoms with Gasteiger partial charge >= 0.3 is 0 Å². The van der Waals surface area contributed by atoms with Crippen molar-refractivity contribution in [3.63, 3.8) is 0 Å². The van der Waals surface area contributed by atoms with Crippen LogP contribution in [0, 0.1) is 18.3 Å². The summed E-state index contributed by atoms with van der Waals surface area (Å²) in [5, 5.41) is 13.5. The number of nitrogens with two attached hydrogens (primary N) is 1. The van der Waals surface area contributed by atoms with Crippen molar-refractivity contribution in [3.05, 3.63) is 59.2 Å². The van der Waals surface area contributed by atoms with Gasteiger partial charge in [0.15, 0.2) is 0 Å². The van der Waals surface area contributed by atoms with Gasteiger partial charge in [0.25, 0.3) is 0 Å². The van der Waals surface area contributed by atoms with Crippen molar-refractivity contribution in [2.75, 3.05) is 5.43 Å². The zero-order valence-corrected chi connectivity index (χ0v) is 13.5. The lowest BCUT2D eigenvalue weighted by atomic mass is 10.0. The molecule has 0 amide bonds. The molecule has 0 fully saturated rings. The highest BCUT2D eigenvalue weighted by Gasteiger charge is 2.15. The number of anilines is 1. The Bertz CT molecular complexity index is 904. The Morgan fingerprint density at radius 1 is 1.25 bits per heavy atom. The SMILES string of the molecule is Cc1c(-c2ccc(C#N)cc2)nn(C)c1Cc1cc(NN)ncn1. The first-order chi connectivity index (χ1) is 11.6. The second kappa shape index (κ2) is 6.48. The van der Waals surface area contributed by atoms with Gasteiger partial charge in [-0.2, -0.15) is 10.4 Å². The van der Waals surface area contributed by atoms with E-state index in [-0.39, 0.29) is 0 Å². The number of hydrogen-bond acceptors (Lipinski definition) is 6. The molecule has 3 rings (SSSR count). The molecule has 0 bridgehead atoms. The van der Waals surface area contributed by atoms with E-state index in [2.05, 4.69) is 26.6 Å². The van der Waals surface area contributed by atoms with Crippen LogP contribution < -0.4 is 11.3 Å². The predicted octanol–water partition coefficient (Wildman–Crippen LogP) is 1.93. The number of nitrogen functional groups attached to an aromatic ring is 1. The molecule has 2 heterocycles. The van der Waals surface area contributed by atoms with Crippen molar-refractivity contribution >= 4 is 5.82 Å². The number of hydrogen-bond donors (Lipinski definition) is 2. The van der Waals surface area contributed by atoms with Crippen LogP contribution in [-0.4, -0.2) is 19.7 Å². The maximum absolute atomic E-state index is 8.91. The average Bonchev–Trinajstić information content (AvgIpc) is 2.90. The lowest BCUT2D eigenvalue weighted by Crippen LogP contribution is -2.10. The second-order valence-electron chi connectivity index (χ2n) is 5.45. The molecule has 0 atom stereocenters. The summed E-state index contributed by atoms with van der Waals surface area (Å²) >= 11 is 0. The van der Waals surface area contributed by atoms with Crippen molar-refractivity contribution in [1.29, 1.82) is 5.26 Å². The summed E-state index contributed by atoms with van der Waals surface area (Å²) in [4.78, 5) is 8.30. The molecule has 0 aliphatic rings. The first kappa shape index (κ1) is 15.6. The molecule has 7 nitrogen and oxygen atoms in total. The zero-order valence-electron chi connectivity index (χ0n) is 13.5. The van der Waals surface area contributed by atoms with Crippen molar-refractivity contribution in [2.45, 2.75) is 13.3 Å². The zero-order chi connectivity index (χ0) is 17.1. The molecule has 0 saturated carbocycles. The number of aromatic nitrogens is 4. The third-order valence-corrected chi connectivity index (χ3v) is 3.94. The Morgan fingerprint density at radius 3 is 2.67 bits per heavy atom. The van der Waals surface area contributed by atoms with Gasteiger partial charge in [-0.25, -0.2) is 15.8 Å². The molecule has 1 aromatic carbocycles. The molecule has 0 radical (unpaired) electrons. The van der Waals surface area contributed by atoms with E-state index < -0.39 is 0 Å². The normalized spacial score (nSPS) is 10.4. The van der Waals surface area contributed by atoms with E-state index in [1.807, 2.05) is 36.9 Å². The van der Waals surface area contributed by atoms with Crippen molar-refractivity contribution in [2.24, 2.45) is 12.9 Å². The van der Waals surface area contributed by atoms with Gasteiger partial charge in [-0.3, -0.25) is 4.68 Å². The molecule has 2 aromatic heterocycles. The largest absolute Gasteiger partial charge is 0.308 e. The highest BCUT2D eigenvalue weighted by atomic mass is 15.3. The fourth-order valence-electron chi connectivity index (χ4n) is 2.63. The van der Waals surface area contributed by atoms with E-state index in [1.165, 1.54) is 6.33 Å². The molecule has 0 aliphatic carbocycles. The summed E-state index contributed by atoms with van der Waals surface area (Å²) in [6.07, 6.45) is 2.11. The van der Waals surface area contributed by atoms with E-state index in [9.17, 15) is 0 Å². The second-order valence-corrected chi connectivity index (χ2v) is 5.45. The molecular formula is C17H17N7. The third kappa shape index (κ3) is 2.95. The average molecular weight is 319 g/mol. The molecule has 7 heteroatoms. The fourth-order valence-corrected chi connectivity index (χ4v) is 2.63. The summed E-state index contributed by atoms with van der Waals surface area (Å²) in [6.45, 7) is 2.04. The molecule has 120 valence electrons. The van der Waals surface area contributed by atoms with Gasteiger partial charge < -0.3 is 5.43 Å². The molecule has 0 unspecified atom stereocenters. The van der Waals surface area contributed by atoms with Crippen LogP contribution >= 0.6 is 0 Å². The minimum Gasteiger partial charge on any atom is -0.308 e. The predicted molar refractivity (Wildman–Crippen MR) is 90.7 cm³/mol. The molecule has 3 aromatic rings. The Morgan fingerprint density at radius 2 is 2.00 bits per heavy atom. The minimum atomic E-state index is 0.576. The molecular weight excluding hydrogens is 302 g/mol. The lowest BCUT2D eigenvalue weighted by molar-refractivity contribution is 0.720. The summed E-state index contributed by atoms with van der Waals surface area (Å²) in [5.74, 6) is 5.97. The topological polar surface area (TPSA) is 105 Å². The molecule has 0 saturated heterocycles. The standard InChI is InChI=1S/C17H17N7/c1-11-15(7-14-8-16(22-19)21-10-20-14)24(2)23-17(11)13-5-3-12(9-18)4-6-13/h3-6,8,10H,7,19H2,1-2H3,(H,20,21,22). The molecule has 0 spiro atoms. The Balaban J connectivity index is 1.95. The van der Waals surface area contributed by atoms with E-state index in [0.29, 0.717) is 17.8 Å². The van der Waals surface area contributed by atoms with Crippen molar-refractivity contribution in [3.8, 4) is 17.3 Å². The maximum Gasteiger partial charge on any atom is 0.143 e. The van der Waals surface area contributed by atoms with Gasteiger partial charge in [0.05, 0.1) is 23.0 Å². The maximum atomic E-state index is 8.91. The van der Waals surface area contributed by atoms with Crippen LogP contribution in [0.2, 0.25) is 0 Å². The van der Waals surface area contributed by atoms with Gasteiger partial charge in [-0.1, -0.05) is 12.1 Å². The molecule has 3 N–H and O–H groups in total. The van der Waals surface area contributed by atoms with Crippen molar-refractivity contribution in [1.82, 2.24) is 19.7 Å². The highest BCUT2D eigenvalue weighted by Crippen LogP contribution is 2.26. The monoisotopic (exact) mass is 319 g/mol. The first-order valence-electron chi connectivity index (χ1n) is 7.43. The molecule has 0 aliphatic heterocycles. The van der Waals surface area contributed by atoms with Crippen LogP contribution in [0.25, 0.3) is 11.3 Å². The number of aryl methyl sites for hydroxylation is 1. The number of nitriles is 1. The van der Waals surface area contributed by atoms with Gasteiger partial charge in [0.2, 0.25) is 0 Å². The molecule has 24 heavy (non-hydrogen) atoms. The number of rotatable bonds is 4. The highest BCUT2D eigenvalue weighted by molar-refractivity contribution is 5.65. The summed E-state index contributed by atoms with van der Waals surface area (Å²) in [7, 11) is 1.92. The summed E-state index contributed by atoms with van der Waals surface area (Å²) in [5.41, 5.74) is 8.06. The van der Waals surface area contributed by atoms with Gasteiger partial charge in [-0.15, -0.1) is 0 Å². The quantitative estimate of drug-likeness (QED) is 0.562.